The number of halogens is 2. The molecule has 0 amide bonds. The number of aromatic nitrogens is 2. The number of hydrogen-bond acceptors (Lipinski definition) is 5. The maximum atomic E-state index is 14.0. The van der Waals surface area contributed by atoms with Crippen LogP contribution in [0.15, 0.2) is 41.2 Å². The summed E-state index contributed by atoms with van der Waals surface area (Å²) in [6.45, 7) is 0.967. The van der Waals surface area contributed by atoms with Crippen LogP contribution < -0.4 is 15.4 Å². The van der Waals surface area contributed by atoms with E-state index in [4.69, 9.17) is 11.6 Å². The normalized spacial score (nSPS) is 20.0. The minimum Gasteiger partial charge on any atom is -0.369 e. The molecule has 0 unspecified atom stereocenters. The Hall–Kier alpha value is -3.11. The van der Waals surface area contributed by atoms with Crippen molar-refractivity contribution in [2.75, 3.05) is 23.4 Å². The zero-order valence-corrected chi connectivity index (χ0v) is 20.8. The van der Waals surface area contributed by atoms with Gasteiger partial charge in [-0.25, -0.2) is 9.37 Å². The Bertz CT molecular complexity index is 1350. The molecule has 8 heteroatoms. The first-order valence-corrected chi connectivity index (χ1v) is 12.6. The SMILES string of the molecule is Cn1c(=O)c(C#N)c(N(C)[C@H]2CC[C@@H](N(CC3CC3)c3cccc(F)c3)CC2)c2nc(Cl)ccc21. The molecule has 35 heavy (non-hydrogen) atoms. The lowest BCUT2D eigenvalue weighted by Gasteiger charge is -2.41. The zero-order chi connectivity index (χ0) is 24.7. The molecule has 0 bridgehead atoms. The van der Waals surface area contributed by atoms with Gasteiger partial charge < -0.3 is 14.4 Å². The summed E-state index contributed by atoms with van der Waals surface area (Å²) in [6, 6.07) is 13.0. The number of pyridine rings is 2. The van der Waals surface area contributed by atoms with Crippen molar-refractivity contribution in [1.29, 1.82) is 5.26 Å². The van der Waals surface area contributed by atoms with Gasteiger partial charge in [0.25, 0.3) is 5.56 Å². The molecule has 182 valence electrons. The monoisotopic (exact) mass is 493 g/mol. The van der Waals surface area contributed by atoms with Crippen molar-refractivity contribution in [2.24, 2.45) is 13.0 Å². The highest BCUT2D eigenvalue weighted by Crippen LogP contribution is 2.37. The number of anilines is 2. The van der Waals surface area contributed by atoms with Gasteiger partial charge in [-0.15, -0.1) is 0 Å². The minimum absolute atomic E-state index is 0.0921. The van der Waals surface area contributed by atoms with Gasteiger partial charge in [0.2, 0.25) is 0 Å². The Morgan fingerprint density at radius 2 is 1.86 bits per heavy atom. The average molecular weight is 494 g/mol. The molecule has 5 rings (SSSR count). The van der Waals surface area contributed by atoms with Crippen LogP contribution in [0.3, 0.4) is 0 Å². The lowest BCUT2D eigenvalue weighted by molar-refractivity contribution is 0.365. The van der Waals surface area contributed by atoms with E-state index in [1.54, 1.807) is 31.3 Å². The Morgan fingerprint density at radius 3 is 2.51 bits per heavy atom. The highest BCUT2D eigenvalue weighted by atomic mass is 35.5. The smallest absolute Gasteiger partial charge is 0.270 e. The van der Waals surface area contributed by atoms with Crippen molar-refractivity contribution in [2.45, 2.75) is 50.6 Å². The summed E-state index contributed by atoms with van der Waals surface area (Å²) >= 11 is 6.21. The topological polar surface area (TPSA) is 65.2 Å². The zero-order valence-electron chi connectivity index (χ0n) is 20.0. The van der Waals surface area contributed by atoms with E-state index in [2.05, 4.69) is 20.9 Å². The molecule has 0 aliphatic heterocycles. The van der Waals surface area contributed by atoms with Gasteiger partial charge in [-0.05, 0) is 74.8 Å². The number of hydrogen-bond donors (Lipinski definition) is 0. The van der Waals surface area contributed by atoms with Gasteiger partial charge in [0.15, 0.2) is 0 Å². The number of aryl methyl sites for hydroxylation is 1. The number of benzene rings is 1. The van der Waals surface area contributed by atoms with Crippen LogP contribution in [0.1, 0.15) is 44.1 Å². The molecule has 0 spiro atoms. The molecule has 6 nitrogen and oxygen atoms in total. The largest absolute Gasteiger partial charge is 0.369 e. The van der Waals surface area contributed by atoms with E-state index in [-0.39, 0.29) is 23.0 Å². The highest BCUT2D eigenvalue weighted by Gasteiger charge is 2.33. The third kappa shape index (κ3) is 4.60. The van der Waals surface area contributed by atoms with Crippen molar-refractivity contribution in [3.8, 4) is 6.07 Å². The molecule has 0 atom stereocenters. The fraction of sp³-hybridized carbons (Fsp3) is 0.444. The molecule has 2 aliphatic carbocycles. The van der Waals surface area contributed by atoms with E-state index in [9.17, 15) is 14.4 Å². The Kier molecular flexibility index (Phi) is 6.41. The Morgan fingerprint density at radius 1 is 1.14 bits per heavy atom. The summed E-state index contributed by atoms with van der Waals surface area (Å²) in [5.41, 5.74) is 2.48. The number of nitrogens with zero attached hydrogens (tertiary/aromatic N) is 5. The molecule has 2 aliphatic rings. The van der Waals surface area contributed by atoms with Gasteiger partial charge >= 0.3 is 0 Å². The van der Waals surface area contributed by atoms with E-state index in [1.165, 1.54) is 23.5 Å². The molecule has 2 fully saturated rings. The third-order valence-corrected chi connectivity index (χ3v) is 7.80. The van der Waals surface area contributed by atoms with Gasteiger partial charge in [0.1, 0.15) is 28.1 Å². The number of nitriles is 1. The molecular weight excluding hydrogens is 465 g/mol. The predicted molar refractivity (Wildman–Crippen MR) is 138 cm³/mol. The van der Waals surface area contributed by atoms with Gasteiger partial charge in [-0.1, -0.05) is 17.7 Å². The molecule has 2 aromatic heterocycles. The minimum atomic E-state index is -0.332. The van der Waals surface area contributed by atoms with E-state index in [1.807, 2.05) is 13.1 Å². The quantitative estimate of drug-likeness (QED) is 0.438. The number of fused-ring (bicyclic) bond motifs is 1. The van der Waals surface area contributed by atoms with Gasteiger partial charge in [0, 0.05) is 38.4 Å². The molecule has 0 radical (unpaired) electrons. The lowest BCUT2D eigenvalue weighted by Crippen LogP contribution is -2.44. The van der Waals surface area contributed by atoms with Crippen LogP contribution >= 0.6 is 11.6 Å². The predicted octanol–water partition coefficient (Wildman–Crippen LogP) is 5.26. The van der Waals surface area contributed by atoms with Crippen LogP contribution in [0.2, 0.25) is 5.15 Å². The van der Waals surface area contributed by atoms with E-state index in [0.717, 1.165) is 37.9 Å². The summed E-state index contributed by atoms with van der Waals surface area (Å²) in [5.74, 6) is 0.490. The Balaban J connectivity index is 1.42. The Labute approximate surface area is 209 Å². The van der Waals surface area contributed by atoms with E-state index >= 15 is 0 Å². The second-order valence-corrected chi connectivity index (χ2v) is 10.2. The second-order valence-electron chi connectivity index (χ2n) is 9.85. The molecule has 3 aromatic rings. The van der Waals surface area contributed by atoms with Crippen LogP contribution in [-0.4, -0.2) is 35.2 Å². The van der Waals surface area contributed by atoms with Gasteiger partial charge in [0.05, 0.1) is 11.2 Å². The fourth-order valence-corrected chi connectivity index (χ4v) is 5.60. The molecule has 2 heterocycles. The summed E-state index contributed by atoms with van der Waals surface area (Å²) in [6.07, 6.45) is 6.20. The molecule has 0 saturated heterocycles. The van der Waals surface area contributed by atoms with E-state index < -0.39 is 0 Å². The van der Waals surface area contributed by atoms with E-state index in [0.29, 0.717) is 33.8 Å². The maximum absolute atomic E-state index is 14.0. The van der Waals surface area contributed by atoms with Crippen molar-refractivity contribution < 1.29 is 4.39 Å². The van der Waals surface area contributed by atoms with Crippen molar-refractivity contribution in [3.63, 3.8) is 0 Å². The van der Waals surface area contributed by atoms with Crippen molar-refractivity contribution in [3.05, 3.63) is 63.3 Å². The van der Waals surface area contributed by atoms with Crippen LogP contribution in [-0.2, 0) is 7.05 Å². The lowest BCUT2D eigenvalue weighted by atomic mass is 9.88. The summed E-state index contributed by atoms with van der Waals surface area (Å²) in [5, 5.41) is 10.2. The average Bonchev–Trinajstić information content (AvgIpc) is 3.68. The van der Waals surface area contributed by atoms with Crippen LogP contribution in [0.25, 0.3) is 11.0 Å². The molecular formula is C27H29ClFN5O. The van der Waals surface area contributed by atoms with Crippen molar-refractivity contribution in [1.82, 2.24) is 9.55 Å². The van der Waals surface area contributed by atoms with Crippen LogP contribution in [0, 0.1) is 23.1 Å². The molecule has 0 N–H and O–H groups in total. The summed E-state index contributed by atoms with van der Waals surface area (Å²) in [7, 11) is 3.59. The highest BCUT2D eigenvalue weighted by molar-refractivity contribution is 6.29. The third-order valence-electron chi connectivity index (χ3n) is 7.59. The summed E-state index contributed by atoms with van der Waals surface area (Å²) in [4.78, 5) is 21.9. The van der Waals surface area contributed by atoms with Gasteiger partial charge in [-0.3, -0.25) is 4.79 Å². The standard InChI is InChI=1S/C27H29ClFN5O/c1-32(26-22(15-30)27(35)33(2)23-12-13-24(28)31-25(23)26)19-8-10-20(11-9-19)34(16-17-6-7-17)21-5-3-4-18(29)14-21/h3-5,12-14,17,19-20H,6-11,16H2,1-2H3/t19-,20+. The first-order chi connectivity index (χ1) is 16.9. The molecule has 1 aromatic carbocycles. The molecule has 2 saturated carbocycles. The van der Waals surface area contributed by atoms with Crippen LogP contribution in [0.4, 0.5) is 15.8 Å². The first kappa shape index (κ1) is 23.6. The fourth-order valence-electron chi connectivity index (χ4n) is 5.45. The maximum Gasteiger partial charge on any atom is 0.270 e. The number of rotatable bonds is 6. The summed E-state index contributed by atoms with van der Waals surface area (Å²) < 4.78 is 15.4. The second kappa shape index (κ2) is 9.50. The van der Waals surface area contributed by atoms with Crippen molar-refractivity contribution >= 4 is 34.0 Å². The first-order valence-electron chi connectivity index (χ1n) is 12.2. The van der Waals surface area contributed by atoms with Crippen LogP contribution in [0.5, 0.6) is 0 Å². The van der Waals surface area contributed by atoms with Gasteiger partial charge in [-0.2, -0.15) is 5.26 Å².